The van der Waals surface area contributed by atoms with E-state index in [-0.39, 0.29) is 17.9 Å². The Bertz CT molecular complexity index is 675. The highest BCUT2D eigenvalue weighted by Gasteiger charge is 2.30. The Balaban J connectivity index is 3.24. The minimum absolute atomic E-state index is 0.0168. The average molecular weight is 390 g/mol. The van der Waals surface area contributed by atoms with Crippen molar-refractivity contribution in [1.82, 2.24) is 4.90 Å². The topological polar surface area (TPSA) is 52.7 Å². The molecule has 0 fully saturated rings. The third-order valence-electron chi connectivity index (χ3n) is 4.80. The number of hydrogen-bond donors (Lipinski definition) is 1. The van der Waals surface area contributed by atoms with Crippen molar-refractivity contribution in [2.24, 2.45) is 11.3 Å². The average Bonchev–Trinajstić information content (AvgIpc) is 2.56. The number of rotatable bonds is 8. The van der Waals surface area contributed by atoms with Gasteiger partial charge in [-0.2, -0.15) is 0 Å². The molecule has 1 rings (SSSR count). The third-order valence-corrected chi connectivity index (χ3v) is 4.80. The van der Waals surface area contributed by atoms with Crippen LogP contribution in [0, 0.1) is 11.3 Å². The molecule has 0 aromatic heterocycles. The van der Waals surface area contributed by atoms with Gasteiger partial charge < -0.3 is 15.1 Å². The standard InChI is InChI=1S/C23H39N3O2/c1-10-17(4)26(22(28)23(5,6)7)15-18-14-19(11-12-20(18)25(8)9)24-21(27)13-16(2)3/h11-12,14,16-17H,10,13,15H2,1-9H3,(H,24,27). The number of benzene rings is 1. The molecule has 1 aromatic carbocycles. The molecule has 158 valence electrons. The van der Waals surface area contributed by atoms with E-state index in [1.807, 2.05) is 76.7 Å². The molecule has 0 aliphatic rings. The molecule has 0 spiro atoms. The zero-order valence-corrected chi connectivity index (χ0v) is 19.2. The second-order valence-corrected chi connectivity index (χ2v) is 9.32. The van der Waals surface area contributed by atoms with Crippen LogP contribution in [0.15, 0.2) is 18.2 Å². The quantitative estimate of drug-likeness (QED) is 0.687. The number of amides is 2. The zero-order chi connectivity index (χ0) is 21.6. The second-order valence-electron chi connectivity index (χ2n) is 9.32. The van der Waals surface area contributed by atoms with Crippen LogP contribution in [0.2, 0.25) is 0 Å². The molecule has 28 heavy (non-hydrogen) atoms. The molecule has 1 atom stereocenters. The summed E-state index contributed by atoms with van der Waals surface area (Å²) in [5.41, 5.74) is 2.42. The van der Waals surface area contributed by atoms with Crippen LogP contribution in [-0.4, -0.2) is 36.9 Å². The zero-order valence-electron chi connectivity index (χ0n) is 19.2. The van der Waals surface area contributed by atoms with Gasteiger partial charge in [0, 0.05) is 49.9 Å². The number of hydrogen-bond acceptors (Lipinski definition) is 3. The van der Waals surface area contributed by atoms with Gasteiger partial charge in [0.05, 0.1) is 0 Å². The van der Waals surface area contributed by atoms with Gasteiger partial charge in [-0.15, -0.1) is 0 Å². The minimum atomic E-state index is -0.440. The lowest BCUT2D eigenvalue weighted by Gasteiger charge is -2.35. The van der Waals surface area contributed by atoms with Crippen molar-refractivity contribution < 1.29 is 9.59 Å². The molecule has 0 bridgehead atoms. The molecular formula is C23H39N3O2. The van der Waals surface area contributed by atoms with Gasteiger partial charge in [-0.25, -0.2) is 0 Å². The molecule has 0 aliphatic heterocycles. The summed E-state index contributed by atoms with van der Waals surface area (Å²) in [6, 6.07) is 6.08. The van der Waals surface area contributed by atoms with E-state index in [4.69, 9.17) is 0 Å². The van der Waals surface area contributed by atoms with Crippen LogP contribution in [-0.2, 0) is 16.1 Å². The van der Waals surface area contributed by atoms with Gasteiger partial charge in [-0.05, 0) is 43.0 Å². The van der Waals surface area contributed by atoms with Crippen LogP contribution in [0.25, 0.3) is 0 Å². The predicted octanol–water partition coefficient (Wildman–Crippen LogP) is 4.91. The van der Waals surface area contributed by atoms with Gasteiger partial charge in [0.1, 0.15) is 0 Å². The van der Waals surface area contributed by atoms with E-state index in [2.05, 4.69) is 19.2 Å². The molecule has 0 aliphatic carbocycles. The van der Waals surface area contributed by atoms with Crippen LogP contribution >= 0.6 is 0 Å². The summed E-state index contributed by atoms with van der Waals surface area (Å²) in [6.45, 7) is 14.6. The van der Waals surface area contributed by atoms with Crippen LogP contribution in [0.3, 0.4) is 0 Å². The van der Waals surface area contributed by atoms with E-state index in [0.717, 1.165) is 23.4 Å². The summed E-state index contributed by atoms with van der Waals surface area (Å²) in [7, 11) is 3.99. The third kappa shape index (κ3) is 6.84. The summed E-state index contributed by atoms with van der Waals surface area (Å²) >= 11 is 0. The van der Waals surface area contributed by atoms with Crippen LogP contribution < -0.4 is 10.2 Å². The fourth-order valence-corrected chi connectivity index (χ4v) is 3.07. The highest BCUT2D eigenvalue weighted by Crippen LogP contribution is 2.28. The van der Waals surface area contributed by atoms with Crippen molar-refractivity contribution in [3.8, 4) is 0 Å². The van der Waals surface area contributed by atoms with E-state index >= 15 is 0 Å². The first-order valence-electron chi connectivity index (χ1n) is 10.3. The Kier molecular flexibility index (Phi) is 8.52. The minimum Gasteiger partial charge on any atom is -0.377 e. The van der Waals surface area contributed by atoms with Gasteiger partial charge in [-0.3, -0.25) is 9.59 Å². The number of anilines is 2. The molecule has 1 N–H and O–H groups in total. The largest absolute Gasteiger partial charge is 0.377 e. The summed E-state index contributed by atoms with van der Waals surface area (Å²) < 4.78 is 0. The lowest BCUT2D eigenvalue weighted by Crippen LogP contribution is -2.44. The Morgan fingerprint density at radius 3 is 2.18 bits per heavy atom. The molecular weight excluding hydrogens is 350 g/mol. The summed E-state index contributed by atoms with van der Waals surface area (Å²) in [4.78, 5) is 29.3. The smallest absolute Gasteiger partial charge is 0.228 e. The Morgan fingerprint density at radius 1 is 1.11 bits per heavy atom. The van der Waals surface area contributed by atoms with Crippen LogP contribution in [0.5, 0.6) is 0 Å². The molecule has 1 aromatic rings. The lowest BCUT2D eigenvalue weighted by molar-refractivity contribution is -0.142. The highest BCUT2D eigenvalue weighted by atomic mass is 16.2. The van der Waals surface area contributed by atoms with E-state index < -0.39 is 5.41 Å². The van der Waals surface area contributed by atoms with Crippen molar-refractivity contribution >= 4 is 23.2 Å². The van der Waals surface area contributed by atoms with Gasteiger partial charge in [0.25, 0.3) is 0 Å². The van der Waals surface area contributed by atoms with Gasteiger partial charge in [0.15, 0.2) is 0 Å². The Morgan fingerprint density at radius 2 is 1.71 bits per heavy atom. The molecule has 1 unspecified atom stereocenters. The molecule has 0 saturated heterocycles. The number of nitrogens with one attached hydrogen (secondary N) is 1. The number of carbonyl (C=O) groups is 2. The predicted molar refractivity (Wildman–Crippen MR) is 119 cm³/mol. The van der Waals surface area contributed by atoms with E-state index in [9.17, 15) is 9.59 Å². The molecule has 2 amide bonds. The number of nitrogens with zero attached hydrogens (tertiary/aromatic N) is 2. The SMILES string of the molecule is CCC(C)N(Cc1cc(NC(=O)CC(C)C)ccc1N(C)C)C(=O)C(C)(C)C. The highest BCUT2D eigenvalue weighted by molar-refractivity contribution is 5.91. The van der Waals surface area contributed by atoms with Crippen molar-refractivity contribution in [3.63, 3.8) is 0 Å². The van der Waals surface area contributed by atoms with Crippen molar-refractivity contribution in [2.75, 3.05) is 24.3 Å². The Hall–Kier alpha value is -2.04. The van der Waals surface area contributed by atoms with E-state index in [0.29, 0.717) is 18.9 Å². The molecule has 0 heterocycles. The summed E-state index contributed by atoms with van der Waals surface area (Å²) in [5, 5.41) is 2.99. The van der Waals surface area contributed by atoms with Crippen LogP contribution in [0.1, 0.15) is 66.9 Å². The fourth-order valence-electron chi connectivity index (χ4n) is 3.07. The van der Waals surface area contributed by atoms with E-state index in [1.165, 1.54) is 0 Å². The molecule has 0 radical (unpaired) electrons. The molecule has 5 nitrogen and oxygen atoms in total. The number of carbonyl (C=O) groups excluding carboxylic acids is 2. The maximum Gasteiger partial charge on any atom is 0.228 e. The second kappa shape index (κ2) is 9.94. The molecule has 0 saturated carbocycles. The van der Waals surface area contributed by atoms with Gasteiger partial charge in [-0.1, -0.05) is 41.5 Å². The summed E-state index contributed by atoms with van der Waals surface area (Å²) in [5.74, 6) is 0.467. The monoisotopic (exact) mass is 389 g/mol. The molecule has 5 heteroatoms. The summed E-state index contributed by atoms with van der Waals surface area (Å²) in [6.07, 6.45) is 1.39. The first-order valence-corrected chi connectivity index (χ1v) is 10.3. The lowest BCUT2D eigenvalue weighted by atomic mass is 9.93. The Labute approximate surface area is 171 Å². The fraction of sp³-hybridized carbons (Fsp3) is 0.652. The normalized spacial score (nSPS) is 12.6. The maximum atomic E-state index is 13.1. The van der Waals surface area contributed by atoms with Crippen LogP contribution in [0.4, 0.5) is 11.4 Å². The maximum absolute atomic E-state index is 13.1. The van der Waals surface area contributed by atoms with Gasteiger partial charge >= 0.3 is 0 Å². The first kappa shape index (κ1) is 24.0. The van der Waals surface area contributed by atoms with Crippen molar-refractivity contribution in [3.05, 3.63) is 23.8 Å². The van der Waals surface area contributed by atoms with Crippen molar-refractivity contribution in [2.45, 2.75) is 73.9 Å². The first-order chi connectivity index (χ1) is 12.9. The van der Waals surface area contributed by atoms with Gasteiger partial charge in [0.2, 0.25) is 11.8 Å². The van der Waals surface area contributed by atoms with Crippen molar-refractivity contribution in [1.29, 1.82) is 0 Å². The van der Waals surface area contributed by atoms with E-state index in [1.54, 1.807) is 0 Å².